The highest BCUT2D eigenvalue weighted by molar-refractivity contribution is 7.86. The molecule has 134 valence electrons. The SMILES string of the molecule is C=CCOS(=O)(=O)c1ncccc1CCc1cccnc1S(=O)(=O)O. The van der Waals surface area contributed by atoms with Gasteiger partial charge in [-0.25, -0.2) is 9.97 Å². The van der Waals surface area contributed by atoms with Gasteiger partial charge in [-0.3, -0.25) is 8.74 Å². The van der Waals surface area contributed by atoms with Crippen LogP contribution in [0, 0.1) is 0 Å². The molecule has 2 rings (SSSR count). The van der Waals surface area contributed by atoms with Crippen molar-refractivity contribution in [2.45, 2.75) is 22.9 Å². The van der Waals surface area contributed by atoms with Gasteiger partial charge in [-0.15, -0.1) is 6.58 Å². The molecule has 0 atom stereocenters. The maximum atomic E-state index is 12.2. The first-order chi connectivity index (χ1) is 11.8. The average molecular weight is 384 g/mol. The van der Waals surface area contributed by atoms with Crippen molar-refractivity contribution in [2.24, 2.45) is 0 Å². The van der Waals surface area contributed by atoms with Crippen LogP contribution in [0.15, 0.2) is 59.4 Å². The van der Waals surface area contributed by atoms with Crippen LogP contribution in [-0.4, -0.2) is 38.0 Å². The number of pyridine rings is 2. The van der Waals surface area contributed by atoms with E-state index in [1.807, 2.05) is 0 Å². The van der Waals surface area contributed by atoms with Crippen LogP contribution in [0.25, 0.3) is 0 Å². The maximum absolute atomic E-state index is 12.2. The first kappa shape index (κ1) is 19.2. The zero-order valence-corrected chi connectivity index (χ0v) is 14.7. The Morgan fingerprint density at radius 3 is 2.04 bits per heavy atom. The van der Waals surface area contributed by atoms with E-state index in [2.05, 4.69) is 16.5 Å². The van der Waals surface area contributed by atoms with Gasteiger partial charge in [-0.2, -0.15) is 16.8 Å². The van der Waals surface area contributed by atoms with E-state index in [-0.39, 0.29) is 30.0 Å². The van der Waals surface area contributed by atoms with Gasteiger partial charge in [0, 0.05) is 12.4 Å². The summed E-state index contributed by atoms with van der Waals surface area (Å²) in [5.74, 6) is 0. The lowest BCUT2D eigenvalue weighted by Crippen LogP contribution is -2.12. The lowest BCUT2D eigenvalue weighted by Gasteiger charge is -2.10. The van der Waals surface area contributed by atoms with E-state index in [1.54, 1.807) is 12.1 Å². The minimum atomic E-state index is -4.47. The van der Waals surface area contributed by atoms with Gasteiger partial charge in [0.15, 0.2) is 10.1 Å². The van der Waals surface area contributed by atoms with Crippen molar-refractivity contribution in [3.63, 3.8) is 0 Å². The molecule has 0 aromatic carbocycles. The fourth-order valence-electron chi connectivity index (χ4n) is 2.15. The van der Waals surface area contributed by atoms with Gasteiger partial charge < -0.3 is 0 Å². The summed E-state index contributed by atoms with van der Waals surface area (Å²) in [6.07, 6.45) is 4.16. The third-order valence-electron chi connectivity index (χ3n) is 3.19. The van der Waals surface area contributed by atoms with E-state index < -0.39 is 25.3 Å². The summed E-state index contributed by atoms with van der Waals surface area (Å²) < 4.78 is 61.1. The lowest BCUT2D eigenvalue weighted by atomic mass is 10.1. The van der Waals surface area contributed by atoms with E-state index in [9.17, 15) is 21.4 Å². The van der Waals surface area contributed by atoms with Crippen LogP contribution < -0.4 is 0 Å². The van der Waals surface area contributed by atoms with E-state index >= 15 is 0 Å². The van der Waals surface area contributed by atoms with Crippen LogP contribution in [0.3, 0.4) is 0 Å². The molecule has 1 N–H and O–H groups in total. The van der Waals surface area contributed by atoms with E-state index in [0.29, 0.717) is 5.56 Å². The summed E-state index contributed by atoms with van der Waals surface area (Å²) in [4.78, 5) is 7.52. The number of hydrogen-bond acceptors (Lipinski definition) is 7. The highest BCUT2D eigenvalue weighted by Gasteiger charge is 2.22. The number of hydrogen-bond donors (Lipinski definition) is 1. The van der Waals surface area contributed by atoms with Crippen molar-refractivity contribution >= 4 is 20.2 Å². The molecular weight excluding hydrogens is 368 g/mol. The van der Waals surface area contributed by atoms with Gasteiger partial charge in [0.2, 0.25) is 0 Å². The molecule has 25 heavy (non-hydrogen) atoms. The molecule has 0 aliphatic heterocycles. The first-order valence-corrected chi connectivity index (χ1v) is 9.96. The number of aryl methyl sites for hydroxylation is 2. The van der Waals surface area contributed by atoms with Crippen LogP contribution in [-0.2, 0) is 37.3 Å². The van der Waals surface area contributed by atoms with Crippen molar-refractivity contribution in [3.8, 4) is 0 Å². The summed E-state index contributed by atoms with van der Waals surface area (Å²) >= 11 is 0. The fourth-order valence-corrected chi connectivity index (χ4v) is 3.91. The molecule has 2 aromatic heterocycles. The lowest BCUT2D eigenvalue weighted by molar-refractivity contribution is 0.354. The van der Waals surface area contributed by atoms with Crippen molar-refractivity contribution < 1.29 is 25.6 Å². The molecule has 2 heterocycles. The van der Waals surface area contributed by atoms with Gasteiger partial charge in [-0.05, 0) is 36.1 Å². The smallest absolute Gasteiger partial charge is 0.281 e. The second kappa shape index (κ2) is 7.83. The fraction of sp³-hybridized carbons (Fsp3) is 0.200. The van der Waals surface area contributed by atoms with Crippen LogP contribution in [0.4, 0.5) is 0 Å². The number of rotatable bonds is 8. The Morgan fingerprint density at radius 1 is 1.00 bits per heavy atom. The van der Waals surface area contributed by atoms with Crippen molar-refractivity contribution in [2.75, 3.05) is 6.61 Å². The minimum Gasteiger partial charge on any atom is -0.281 e. The molecule has 0 saturated heterocycles. The maximum Gasteiger partial charge on any atom is 0.315 e. The minimum absolute atomic E-state index is 0.138. The molecule has 0 aliphatic rings. The van der Waals surface area contributed by atoms with E-state index in [4.69, 9.17) is 4.18 Å². The molecular formula is C15H16N2O6S2. The molecule has 0 unspecified atom stereocenters. The van der Waals surface area contributed by atoms with Gasteiger partial charge in [0.1, 0.15) is 0 Å². The van der Waals surface area contributed by atoms with Crippen molar-refractivity contribution in [3.05, 3.63) is 60.4 Å². The van der Waals surface area contributed by atoms with Gasteiger partial charge in [0.05, 0.1) is 6.61 Å². The average Bonchev–Trinajstić information content (AvgIpc) is 2.58. The standard InChI is InChI=1S/C15H16N2O6S2/c1-2-11-23-25(21,22)15-13(6-4-10-17-15)8-7-12-5-3-9-16-14(12)24(18,19)20/h2-6,9-10H,1,7-8,11H2,(H,18,19,20). The predicted molar refractivity (Wildman–Crippen MR) is 89.0 cm³/mol. The summed E-state index contributed by atoms with van der Waals surface area (Å²) in [6.45, 7) is 3.20. The Hall–Kier alpha value is -2.14. The molecule has 0 saturated carbocycles. The van der Waals surface area contributed by atoms with Crippen molar-refractivity contribution in [1.29, 1.82) is 0 Å². The highest BCUT2D eigenvalue weighted by atomic mass is 32.2. The first-order valence-electron chi connectivity index (χ1n) is 7.11. The molecule has 0 radical (unpaired) electrons. The third kappa shape index (κ3) is 4.92. The summed E-state index contributed by atoms with van der Waals surface area (Å²) in [7, 11) is -8.53. The van der Waals surface area contributed by atoms with E-state index in [0.717, 1.165) is 0 Å². The molecule has 8 nitrogen and oxygen atoms in total. The third-order valence-corrected chi connectivity index (χ3v) is 5.33. The second-order valence-corrected chi connectivity index (χ2v) is 7.81. The van der Waals surface area contributed by atoms with Crippen LogP contribution >= 0.6 is 0 Å². The van der Waals surface area contributed by atoms with Crippen molar-refractivity contribution in [1.82, 2.24) is 9.97 Å². The number of aromatic nitrogens is 2. The topological polar surface area (TPSA) is 124 Å². The highest BCUT2D eigenvalue weighted by Crippen LogP contribution is 2.19. The molecule has 0 bridgehead atoms. The van der Waals surface area contributed by atoms with Gasteiger partial charge in [-0.1, -0.05) is 18.2 Å². The molecule has 2 aromatic rings. The Labute approximate surface area is 146 Å². The Bertz CT molecular complexity index is 971. The molecule has 0 aliphatic carbocycles. The molecule has 0 fully saturated rings. The molecule has 10 heteroatoms. The second-order valence-electron chi connectivity index (χ2n) is 4.94. The largest absolute Gasteiger partial charge is 0.315 e. The summed E-state index contributed by atoms with van der Waals surface area (Å²) in [5, 5.41) is -0.694. The Balaban J connectivity index is 2.31. The van der Waals surface area contributed by atoms with Crippen LogP contribution in [0.2, 0.25) is 0 Å². The Kier molecular flexibility index (Phi) is 6.01. The Morgan fingerprint density at radius 2 is 1.52 bits per heavy atom. The van der Waals surface area contributed by atoms with Gasteiger partial charge in [0.25, 0.3) is 0 Å². The normalized spacial score (nSPS) is 12.0. The van der Waals surface area contributed by atoms with E-state index in [1.165, 1.54) is 30.6 Å². The quantitative estimate of drug-likeness (QED) is 0.411. The predicted octanol–water partition coefficient (Wildman–Crippen LogP) is 1.40. The van der Waals surface area contributed by atoms with Gasteiger partial charge >= 0.3 is 20.2 Å². The van der Waals surface area contributed by atoms with Crippen LogP contribution in [0.1, 0.15) is 11.1 Å². The molecule has 0 amide bonds. The number of nitrogens with zero attached hydrogens (tertiary/aromatic N) is 2. The molecule has 0 spiro atoms. The summed E-state index contributed by atoms with van der Waals surface area (Å²) in [6, 6.07) is 6.14. The zero-order chi connectivity index (χ0) is 18.5. The monoisotopic (exact) mass is 384 g/mol. The summed E-state index contributed by atoms with van der Waals surface area (Å²) in [5.41, 5.74) is 0.626. The van der Waals surface area contributed by atoms with Crippen LogP contribution in [0.5, 0.6) is 0 Å². The zero-order valence-electron chi connectivity index (χ0n) is 13.1.